The number of benzene rings is 3. The number of carbonyl (C=O) groups excluding carboxylic acids is 2. The molecule has 2 fully saturated rings. The van der Waals surface area contributed by atoms with E-state index in [0.29, 0.717) is 30.4 Å². The number of hydrogen-bond acceptors (Lipinski definition) is 5. The van der Waals surface area contributed by atoms with Gasteiger partial charge in [0.05, 0.1) is 23.3 Å². The van der Waals surface area contributed by atoms with Gasteiger partial charge in [-0.2, -0.15) is 5.10 Å². The molecule has 11 heteroatoms. The number of rotatable bonds is 6. The van der Waals surface area contributed by atoms with Crippen LogP contribution in [0.25, 0.3) is 16.5 Å². The molecule has 0 spiro atoms. The van der Waals surface area contributed by atoms with Crippen molar-refractivity contribution in [3.63, 3.8) is 0 Å². The Balaban J connectivity index is 1.09. The molecule has 0 bridgehead atoms. The topological polar surface area (TPSA) is 95.4 Å². The van der Waals surface area contributed by atoms with E-state index in [1.165, 1.54) is 11.0 Å². The molecule has 2 N–H and O–H groups in total. The summed E-state index contributed by atoms with van der Waals surface area (Å²) in [4.78, 5) is 34.5. The zero-order valence-electron chi connectivity index (χ0n) is 25.6. The van der Waals surface area contributed by atoms with Gasteiger partial charge in [0, 0.05) is 48.4 Å². The Kier molecular flexibility index (Phi) is 7.38. The number of piperazine rings is 1. The van der Waals surface area contributed by atoms with Crippen LogP contribution in [0, 0.1) is 18.6 Å². The van der Waals surface area contributed by atoms with E-state index in [1.807, 2.05) is 66.4 Å². The van der Waals surface area contributed by atoms with Crippen LogP contribution in [0.15, 0.2) is 79.0 Å². The maximum atomic E-state index is 14.2. The number of hydrogen-bond donors (Lipinski definition) is 2. The van der Waals surface area contributed by atoms with Gasteiger partial charge in [0.2, 0.25) is 0 Å². The Hall–Kier alpha value is -5.32. The minimum atomic E-state index is -0.871. The minimum absolute atomic E-state index is 0.0193. The maximum absolute atomic E-state index is 14.2. The van der Waals surface area contributed by atoms with Crippen LogP contribution in [-0.2, 0) is 5.41 Å². The number of nitrogens with one attached hydrogen (secondary N) is 2. The summed E-state index contributed by atoms with van der Waals surface area (Å²) in [5.74, 6) is -1.14. The molecule has 1 saturated carbocycles. The zero-order chi connectivity index (χ0) is 32.0. The van der Waals surface area contributed by atoms with Gasteiger partial charge in [-0.25, -0.2) is 23.2 Å². The summed E-state index contributed by atoms with van der Waals surface area (Å²) in [5.41, 5.74) is 2.96. The van der Waals surface area contributed by atoms with E-state index in [2.05, 4.69) is 17.6 Å². The van der Waals surface area contributed by atoms with Gasteiger partial charge in [-0.3, -0.25) is 10.1 Å². The fraction of sp³-hybridized carbons (Fsp3) is 0.257. The molecule has 1 aliphatic carbocycles. The molecule has 7 rings (SSSR count). The molecule has 5 aromatic rings. The molecule has 2 aliphatic rings. The lowest BCUT2D eigenvalue weighted by molar-refractivity contribution is 0.0736. The third kappa shape index (κ3) is 5.53. The highest BCUT2D eigenvalue weighted by molar-refractivity contribution is 6.08. The fourth-order valence-corrected chi connectivity index (χ4v) is 5.87. The number of halogens is 2. The standard InChI is InChI=1S/C35H33F2N7O2/c1-22-10-12-23(13-11-22)44-30(20-29(41-44)35(2)14-15-35)40-34(46)39-28-21-38-32(25-7-4-3-6-24(25)28)42-16-18-43(19-17-42)33(45)31-26(36)8-5-9-27(31)37/h3-13,20-21H,14-19H2,1-2H3,(H2,39,40,46). The Bertz CT molecular complexity index is 1940. The number of aryl methyl sites for hydroxylation is 1. The Morgan fingerprint density at radius 2 is 1.52 bits per heavy atom. The molecule has 1 aliphatic heterocycles. The normalized spacial score (nSPS) is 15.6. The Morgan fingerprint density at radius 3 is 2.20 bits per heavy atom. The first-order valence-electron chi connectivity index (χ1n) is 15.3. The van der Waals surface area contributed by atoms with E-state index in [9.17, 15) is 18.4 Å². The molecule has 1 saturated heterocycles. The van der Waals surface area contributed by atoms with Gasteiger partial charge in [0.25, 0.3) is 5.91 Å². The van der Waals surface area contributed by atoms with Gasteiger partial charge in [0.15, 0.2) is 0 Å². The summed E-state index contributed by atoms with van der Waals surface area (Å²) in [6, 6.07) is 20.6. The van der Waals surface area contributed by atoms with Crippen molar-refractivity contribution in [3.8, 4) is 5.69 Å². The number of anilines is 3. The summed E-state index contributed by atoms with van der Waals surface area (Å²) >= 11 is 0. The summed E-state index contributed by atoms with van der Waals surface area (Å²) in [6.07, 6.45) is 3.74. The largest absolute Gasteiger partial charge is 0.353 e. The molecule has 0 unspecified atom stereocenters. The lowest BCUT2D eigenvalue weighted by atomic mass is 10.1. The molecule has 0 atom stereocenters. The van der Waals surface area contributed by atoms with E-state index in [4.69, 9.17) is 10.1 Å². The average Bonchev–Trinajstić information content (AvgIpc) is 3.67. The van der Waals surface area contributed by atoms with E-state index in [1.54, 1.807) is 10.9 Å². The quantitative estimate of drug-likeness (QED) is 0.221. The third-order valence-corrected chi connectivity index (χ3v) is 8.91. The number of pyridine rings is 1. The van der Waals surface area contributed by atoms with Crippen LogP contribution >= 0.6 is 0 Å². The van der Waals surface area contributed by atoms with Gasteiger partial charge in [-0.05, 0) is 44.0 Å². The summed E-state index contributed by atoms with van der Waals surface area (Å²) in [6.45, 7) is 5.62. The molecular weight excluding hydrogens is 588 g/mol. The first-order valence-corrected chi connectivity index (χ1v) is 15.3. The highest BCUT2D eigenvalue weighted by Gasteiger charge is 2.42. The molecule has 2 aromatic heterocycles. The van der Waals surface area contributed by atoms with Crippen molar-refractivity contribution in [2.45, 2.75) is 32.1 Å². The average molecular weight is 622 g/mol. The van der Waals surface area contributed by atoms with E-state index in [0.717, 1.165) is 52.7 Å². The highest BCUT2D eigenvalue weighted by atomic mass is 19.1. The molecule has 0 radical (unpaired) electrons. The predicted molar refractivity (Wildman–Crippen MR) is 174 cm³/mol. The summed E-state index contributed by atoms with van der Waals surface area (Å²) in [5, 5.41) is 12.4. The van der Waals surface area contributed by atoms with Crippen molar-refractivity contribution < 1.29 is 18.4 Å². The van der Waals surface area contributed by atoms with Gasteiger partial charge in [0.1, 0.15) is 28.8 Å². The number of aromatic nitrogens is 3. The first kappa shape index (κ1) is 29.4. The number of fused-ring (bicyclic) bond motifs is 1. The Morgan fingerprint density at radius 1 is 0.848 bits per heavy atom. The molecular formula is C35H33F2N7O2. The molecule has 3 amide bonds. The van der Waals surface area contributed by atoms with Crippen molar-refractivity contribution in [1.29, 1.82) is 0 Å². The number of amides is 3. The SMILES string of the molecule is Cc1ccc(-n2nc(C3(C)CC3)cc2NC(=O)Nc2cnc(N3CCN(C(=O)c4c(F)cccc4F)CC3)c3ccccc23)cc1. The van der Waals surface area contributed by atoms with Crippen molar-refractivity contribution in [2.75, 3.05) is 41.7 Å². The number of nitrogens with zero attached hydrogens (tertiary/aromatic N) is 5. The fourth-order valence-electron chi connectivity index (χ4n) is 5.87. The second-order valence-electron chi connectivity index (χ2n) is 12.2. The zero-order valence-corrected chi connectivity index (χ0v) is 25.6. The second-order valence-corrected chi connectivity index (χ2v) is 12.2. The molecule has 46 heavy (non-hydrogen) atoms. The van der Waals surface area contributed by atoms with Crippen molar-refractivity contribution in [1.82, 2.24) is 19.7 Å². The third-order valence-electron chi connectivity index (χ3n) is 8.91. The summed E-state index contributed by atoms with van der Waals surface area (Å²) < 4.78 is 30.2. The minimum Gasteiger partial charge on any atom is -0.353 e. The van der Waals surface area contributed by atoms with E-state index in [-0.39, 0.29) is 18.5 Å². The van der Waals surface area contributed by atoms with Crippen LogP contribution in [0.2, 0.25) is 0 Å². The highest BCUT2D eigenvalue weighted by Crippen LogP contribution is 2.47. The van der Waals surface area contributed by atoms with Gasteiger partial charge in [-0.15, -0.1) is 0 Å². The van der Waals surface area contributed by atoms with Crippen LogP contribution in [0.3, 0.4) is 0 Å². The van der Waals surface area contributed by atoms with Crippen LogP contribution in [0.1, 0.15) is 41.4 Å². The van der Waals surface area contributed by atoms with Crippen LogP contribution < -0.4 is 15.5 Å². The van der Waals surface area contributed by atoms with Gasteiger partial charge in [-0.1, -0.05) is 55.0 Å². The van der Waals surface area contributed by atoms with Crippen LogP contribution in [-0.4, -0.2) is 57.8 Å². The van der Waals surface area contributed by atoms with Crippen molar-refractivity contribution >= 4 is 40.0 Å². The Labute approximate surface area is 264 Å². The van der Waals surface area contributed by atoms with Crippen molar-refractivity contribution in [3.05, 3.63) is 107 Å². The lowest BCUT2D eigenvalue weighted by Crippen LogP contribution is -2.49. The van der Waals surface area contributed by atoms with Crippen LogP contribution in [0.4, 0.5) is 30.9 Å². The monoisotopic (exact) mass is 621 g/mol. The molecule has 9 nitrogen and oxygen atoms in total. The molecule has 3 aromatic carbocycles. The van der Waals surface area contributed by atoms with Gasteiger partial charge >= 0.3 is 6.03 Å². The molecule has 234 valence electrons. The molecule has 3 heterocycles. The van der Waals surface area contributed by atoms with Crippen LogP contribution in [0.5, 0.6) is 0 Å². The van der Waals surface area contributed by atoms with Crippen molar-refractivity contribution in [2.24, 2.45) is 0 Å². The second kappa shape index (κ2) is 11.6. The lowest BCUT2D eigenvalue weighted by Gasteiger charge is -2.36. The first-order chi connectivity index (χ1) is 22.2. The van der Waals surface area contributed by atoms with E-state index >= 15 is 0 Å². The smallest absolute Gasteiger partial charge is 0.324 e. The van der Waals surface area contributed by atoms with E-state index < -0.39 is 29.1 Å². The number of urea groups is 1. The summed E-state index contributed by atoms with van der Waals surface area (Å²) in [7, 11) is 0. The number of carbonyl (C=O) groups is 2. The van der Waals surface area contributed by atoms with Gasteiger partial charge < -0.3 is 15.1 Å². The predicted octanol–water partition coefficient (Wildman–Crippen LogP) is 6.67. The maximum Gasteiger partial charge on any atom is 0.324 e.